The van der Waals surface area contributed by atoms with Crippen LogP contribution in [0.4, 0.5) is 0 Å². The van der Waals surface area contributed by atoms with Crippen molar-refractivity contribution < 1.29 is 4.74 Å². The molecule has 128 valence electrons. The molecule has 2 aromatic carbocycles. The van der Waals surface area contributed by atoms with E-state index in [0.29, 0.717) is 12.0 Å². The molecule has 1 heterocycles. The van der Waals surface area contributed by atoms with Gasteiger partial charge < -0.3 is 4.74 Å². The van der Waals surface area contributed by atoms with Crippen molar-refractivity contribution in [2.24, 2.45) is 17.8 Å². The third kappa shape index (κ3) is 2.05. The predicted octanol–water partition coefficient (Wildman–Crippen LogP) is 5.94. The van der Waals surface area contributed by atoms with Crippen LogP contribution in [0.1, 0.15) is 44.7 Å². The number of fused-ring (bicyclic) bond motifs is 6. The Labute approximate surface area is 150 Å². The lowest BCUT2D eigenvalue weighted by Crippen LogP contribution is -2.45. The Morgan fingerprint density at radius 2 is 1.40 bits per heavy atom. The second-order valence-electron chi connectivity index (χ2n) is 8.40. The van der Waals surface area contributed by atoms with E-state index in [1.165, 1.54) is 40.7 Å². The maximum atomic E-state index is 7.00. The maximum absolute atomic E-state index is 7.00. The van der Waals surface area contributed by atoms with E-state index in [2.05, 4.69) is 75.4 Å². The van der Waals surface area contributed by atoms with Crippen molar-refractivity contribution >= 4 is 0 Å². The Hall–Kier alpha value is -1.86. The van der Waals surface area contributed by atoms with E-state index in [0.717, 1.165) is 11.8 Å². The summed E-state index contributed by atoms with van der Waals surface area (Å²) in [6.45, 7) is 7.12. The number of benzene rings is 2. The largest absolute Gasteiger partial charge is 0.358 e. The van der Waals surface area contributed by atoms with Gasteiger partial charge in [0.1, 0.15) is 5.60 Å². The zero-order valence-corrected chi connectivity index (χ0v) is 15.3. The molecule has 1 heteroatoms. The minimum absolute atomic E-state index is 0.329. The van der Waals surface area contributed by atoms with Gasteiger partial charge in [-0.15, -0.1) is 0 Å². The van der Waals surface area contributed by atoms with Crippen LogP contribution in [0.15, 0.2) is 60.2 Å². The summed E-state index contributed by atoms with van der Waals surface area (Å²) in [7, 11) is 0. The van der Waals surface area contributed by atoms with Crippen molar-refractivity contribution in [2.75, 3.05) is 0 Å². The van der Waals surface area contributed by atoms with E-state index in [9.17, 15) is 0 Å². The van der Waals surface area contributed by atoms with Crippen molar-refractivity contribution in [1.29, 1.82) is 0 Å². The molecule has 1 spiro atoms. The first kappa shape index (κ1) is 15.4. The van der Waals surface area contributed by atoms with Crippen molar-refractivity contribution in [3.63, 3.8) is 0 Å². The molecular weight excluding hydrogens is 304 g/mol. The lowest BCUT2D eigenvalue weighted by Gasteiger charge is -2.47. The first-order valence-electron chi connectivity index (χ1n) is 9.66. The summed E-state index contributed by atoms with van der Waals surface area (Å²) in [6, 6.07) is 17.6. The molecule has 1 fully saturated rings. The van der Waals surface area contributed by atoms with Crippen LogP contribution >= 0.6 is 0 Å². The van der Waals surface area contributed by atoms with E-state index in [1.807, 2.05) is 0 Å². The van der Waals surface area contributed by atoms with E-state index in [-0.39, 0.29) is 0 Å². The molecule has 5 rings (SSSR count). The van der Waals surface area contributed by atoms with Gasteiger partial charge in [-0.2, -0.15) is 0 Å². The van der Waals surface area contributed by atoms with Gasteiger partial charge in [0.05, 0.1) is 6.10 Å². The predicted molar refractivity (Wildman–Crippen MR) is 102 cm³/mol. The van der Waals surface area contributed by atoms with Crippen LogP contribution in [0, 0.1) is 17.8 Å². The summed E-state index contributed by atoms with van der Waals surface area (Å²) in [5, 5.41) is 0. The molecule has 0 aromatic heterocycles. The second-order valence-corrected chi connectivity index (χ2v) is 8.40. The summed E-state index contributed by atoms with van der Waals surface area (Å²) >= 11 is 0. The number of hydrogen-bond donors (Lipinski definition) is 0. The van der Waals surface area contributed by atoms with Crippen LogP contribution < -0.4 is 0 Å². The van der Waals surface area contributed by atoms with Crippen LogP contribution in [-0.4, -0.2) is 6.10 Å². The van der Waals surface area contributed by atoms with Crippen molar-refractivity contribution in [3.05, 3.63) is 71.3 Å². The molecule has 0 saturated heterocycles. The summed E-state index contributed by atoms with van der Waals surface area (Å²) in [5.74, 6) is 2.10. The molecule has 1 aliphatic heterocycles. The van der Waals surface area contributed by atoms with Gasteiger partial charge in [-0.05, 0) is 48.8 Å². The average molecular weight is 330 g/mol. The van der Waals surface area contributed by atoms with Gasteiger partial charge >= 0.3 is 0 Å². The van der Waals surface area contributed by atoms with Gasteiger partial charge in [-0.1, -0.05) is 68.0 Å². The lowest BCUT2D eigenvalue weighted by molar-refractivity contribution is -0.104. The van der Waals surface area contributed by atoms with Gasteiger partial charge in [0.2, 0.25) is 0 Å². The number of rotatable bonds is 0. The van der Waals surface area contributed by atoms with Gasteiger partial charge in [0.15, 0.2) is 0 Å². The van der Waals surface area contributed by atoms with Crippen LogP contribution in [-0.2, 0) is 10.3 Å². The molecule has 0 radical (unpaired) electrons. The molecule has 1 saturated carbocycles. The Morgan fingerprint density at radius 3 is 2.04 bits per heavy atom. The summed E-state index contributed by atoms with van der Waals surface area (Å²) in [6.07, 6.45) is 5.19. The first-order chi connectivity index (χ1) is 12.1. The summed E-state index contributed by atoms with van der Waals surface area (Å²) in [4.78, 5) is 0. The van der Waals surface area contributed by atoms with Crippen molar-refractivity contribution in [3.8, 4) is 11.1 Å². The molecule has 0 bridgehead atoms. The van der Waals surface area contributed by atoms with Gasteiger partial charge in [0.25, 0.3) is 0 Å². The van der Waals surface area contributed by atoms with Crippen molar-refractivity contribution in [1.82, 2.24) is 0 Å². The molecule has 2 aromatic rings. The van der Waals surface area contributed by atoms with E-state index in [1.54, 1.807) is 0 Å². The fourth-order valence-corrected chi connectivity index (χ4v) is 5.37. The summed E-state index contributed by atoms with van der Waals surface area (Å²) < 4.78 is 7.00. The van der Waals surface area contributed by atoms with Crippen molar-refractivity contribution in [2.45, 2.75) is 45.3 Å². The van der Waals surface area contributed by atoms with E-state index < -0.39 is 5.60 Å². The van der Waals surface area contributed by atoms with Gasteiger partial charge in [-0.25, -0.2) is 0 Å². The number of hydrogen-bond acceptors (Lipinski definition) is 1. The molecular formula is C24H26O. The third-order valence-electron chi connectivity index (χ3n) is 6.95. The normalized spacial score (nSPS) is 31.9. The first-order valence-corrected chi connectivity index (χ1v) is 9.66. The third-order valence-corrected chi connectivity index (χ3v) is 6.95. The Morgan fingerprint density at radius 1 is 0.840 bits per heavy atom. The molecule has 0 N–H and O–H groups in total. The SMILES string of the molecule is CC1=CC2(OC3CC(C)C(C)CC13)c1ccccc1-c1ccccc12. The van der Waals surface area contributed by atoms with Gasteiger partial charge in [-0.3, -0.25) is 0 Å². The monoisotopic (exact) mass is 330 g/mol. The molecule has 4 atom stereocenters. The number of ether oxygens (including phenoxy) is 1. The highest BCUT2D eigenvalue weighted by Crippen LogP contribution is 2.56. The minimum Gasteiger partial charge on any atom is -0.358 e. The lowest BCUT2D eigenvalue weighted by atomic mass is 9.69. The highest BCUT2D eigenvalue weighted by atomic mass is 16.5. The zero-order valence-electron chi connectivity index (χ0n) is 15.3. The zero-order chi connectivity index (χ0) is 17.2. The average Bonchev–Trinajstić information content (AvgIpc) is 2.88. The van der Waals surface area contributed by atoms with Gasteiger partial charge in [0, 0.05) is 17.0 Å². The topological polar surface area (TPSA) is 9.23 Å². The fraction of sp³-hybridized carbons (Fsp3) is 0.417. The Kier molecular flexibility index (Phi) is 3.27. The molecule has 3 aliphatic rings. The standard InChI is InChI=1S/C24H26O/c1-15-12-20-17(3)14-24(25-23(20)13-16(15)2)21-10-6-4-8-18(21)19-9-5-7-11-22(19)24/h4-11,14-16,20,23H,12-13H2,1-3H3. The molecule has 25 heavy (non-hydrogen) atoms. The quantitative estimate of drug-likeness (QED) is 0.543. The highest BCUT2D eigenvalue weighted by molar-refractivity contribution is 5.81. The fourth-order valence-electron chi connectivity index (χ4n) is 5.37. The van der Waals surface area contributed by atoms with E-state index >= 15 is 0 Å². The smallest absolute Gasteiger partial charge is 0.138 e. The molecule has 0 amide bonds. The van der Waals surface area contributed by atoms with Crippen LogP contribution in [0.25, 0.3) is 11.1 Å². The summed E-state index contributed by atoms with van der Waals surface area (Å²) in [5.41, 5.74) is 6.43. The Balaban J connectivity index is 1.71. The highest BCUT2D eigenvalue weighted by Gasteiger charge is 2.50. The molecule has 2 aliphatic carbocycles. The minimum atomic E-state index is -0.390. The van der Waals surface area contributed by atoms with Crippen LogP contribution in [0.2, 0.25) is 0 Å². The second kappa shape index (κ2) is 5.32. The van der Waals surface area contributed by atoms with Crippen LogP contribution in [0.5, 0.6) is 0 Å². The van der Waals surface area contributed by atoms with E-state index in [4.69, 9.17) is 4.74 Å². The molecule has 4 unspecified atom stereocenters. The maximum Gasteiger partial charge on any atom is 0.138 e. The Bertz CT molecular complexity index is 816. The van der Waals surface area contributed by atoms with Crippen LogP contribution in [0.3, 0.4) is 0 Å². The molecule has 1 nitrogen and oxygen atoms in total.